The second-order valence-electron chi connectivity index (χ2n) is 7.99. The van der Waals surface area contributed by atoms with Gasteiger partial charge in [-0.25, -0.2) is 15.0 Å². The molecule has 0 bridgehead atoms. The fraction of sp³-hybridized carbons (Fsp3) is 0.286. The van der Waals surface area contributed by atoms with E-state index in [4.69, 9.17) is 0 Å². The molecule has 1 aliphatic carbocycles. The molecule has 1 fully saturated rings. The normalized spacial score (nSPS) is 18.1. The Balaban J connectivity index is 1.45. The van der Waals surface area contributed by atoms with Crippen LogP contribution in [0.25, 0.3) is 11.6 Å². The van der Waals surface area contributed by atoms with Gasteiger partial charge in [-0.2, -0.15) is 0 Å². The molecule has 1 aliphatic heterocycles. The van der Waals surface area contributed by atoms with E-state index in [1.165, 1.54) is 24.5 Å². The Morgan fingerprint density at radius 1 is 1.16 bits per heavy atom. The summed E-state index contributed by atoms with van der Waals surface area (Å²) in [5.74, 6) is -0.541. The Labute approximate surface area is 179 Å². The maximum Gasteiger partial charge on any atom is 0.586 e. The van der Waals surface area contributed by atoms with Gasteiger partial charge in [-0.15, -0.1) is 8.78 Å². The van der Waals surface area contributed by atoms with Crippen LogP contribution in [0.4, 0.5) is 8.78 Å². The maximum atomic E-state index is 13.4. The number of ether oxygens (including phenoxy) is 2. The zero-order valence-corrected chi connectivity index (χ0v) is 16.8. The SMILES string of the molecule is CC1([C@@H](NC(=O)c2cc(=O)[nH]c(-c3ncccn3)n2)c2ccc3c(c2)OC(F)(F)O3)CC1. The third-order valence-electron chi connectivity index (χ3n) is 5.52. The van der Waals surface area contributed by atoms with Gasteiger partial charge < -0.3 is 19.8 Å². The number of aromatic nitrogens is 4. The van der Waals surface area contributed by atoms with E-state index >= 15 is 0 Å². The van der Waals surface area contributed by atoms with Crippen LogP contribution in [-0.2, 0) is 0 Å². The molecule has 11 heteroatoms. The molecule has 5 rings (SSSR count). The van der Waals surface area contributed by atoms with Gasteiger partial charge in [0, 0.05) is 18.5 Å². The number of aromatic amines is 1. The van der Waals surface area contributed by atoms with Crippen molar-refractivity contribution in [3.8, 4) is 23.1 Å². The molecule has 2 aromatic heterocycles. The number of benzene rings is 1. The second-order valence-corrected chi connectivity index (χ2v) is 7.99. The van der Waals surface area contributed by atoms with Crippen molar-refractivity contribution < 1.29 is 23.0 Å². The van der Waals surface area contributed by atoms with Crippen molar-refractivity contribution in [2.24, 2.45) is 5.41 Å². The minimum atomic E-state index is -3.73. The minimum Gasteiger partial charge on any atom is -0.395 e. The molecule has 0 radical (unpaired) electrons. The van der Waals surface area contributed by atoms with Crippen molar-refractivity contribution in [1.82, 2.24) is 25.3 Å². The van der Waals surface area contributed by atoms with Crippen molar-refractivity contribution in [3.63, 3.8) is 0 Å². The largest absolute Gasteiger partial charge is 0.586 e. The van der Waals surface area contributed by atoms with E-state index in [9.17, 15) is 18.4 Å². The van der Waals surface area contributed by atoms with Crippen LogP contribution in [-0.4, -0.2) is 32.1 Å². The molecule has 1 atom stereocenters. The van der Waals surface area contributed by atoms with Crippen molar-refractivity contribution in [2.45, 2.75) is 32.1 Å². The molecule has 1 amide bonds. The molecule has 1 aromatic carbocycles. The number of hydrogen-bond acceptors (Lipinski definition) is 7. The van der Waals surface area contributed by atoms with Gasteiger partial charge in [0.15, 0.2) is 23.1 Å². The smallest absolute Gasteiger partial charge is 0.395 e. The Morgan fingerprint density at radius 3 is 2.59 bits per heavy atom. The first-order valence-corrected chi connectivity index (χ1v) is 9.82. The lowest BCUT2D eigenvalue weighted by atomic mass is 9.91. The number of hydrogen-bond donors (Lipinski definition) is 2. The number of fused-ring (bicyclic) bond motifs is 1. The summed E-state index contributed by atoms with van der Waals surface area (Å²) in [7, 11) is 0. The molecular formula is C21H17F2N5O4. The monoisotopic (exact) mass is 441 g/mol. The molecule has 0 spiro atoms. The fourth-order valence-electron chi connectivity index (χ4n) is 3.60. The first-order valence-electron chi connectivity index (χ1n) is 9.82. The highest BCUT2D eigenvalue weighted by atomic mass is 19.3. The summed E-state index contributed by atoms with van der Waals surface area (Å²) >= 11 is 0. The van der Waals surface area contributed by atoms with Gasteiger partial charge >= 0.3 is 6.29 Å². The van der Waals surface area contributed by atoms with Crippen LogP contribution in [0.2, 0.25) is 0 Å². The number of rotatable bonds is 5. The number of carbonyl (C=O) groups is 1. The zero-order valence-electron chi connectivity index (χ0n) is 16.8. The molecule has 2 N–H and O–H groups in total. The Morgan fingerprint density at radius 2 is 1.88 bits per heavy atom. The Kier molecular flexibility index (Phi) is 4.43. The van der Waals surface area contributed by atoms with E-state index in [0.29, 0.717) is 5.56 Å². The summed E-state index contributed by atoms with van der Waals surface area (Å²) < 4.78 is 35.8. The van der Waals surface area contributed by atoms with Gasteiger partial charge in [-0.3, -0.25) is 9.59 Å². The molecule has 164 valence electrons. The molecule has 2 aliphatic rings. The average molecular weight is 441 g/mol. The molecule has 1 saturated carbocycles. The van der Waals surface area contributed by atoms with E-state index in [1.54, 1.807) is 12.1 Å². The number of alkyl halides is 2. The van der Waals surface area contributed by atoms with E-state index in [2.05, 4.69) is 34.7 Å². The van der Waals surface area contributed by atoms with Crippen molar-refractivity contribution >= 4 is 5.91 Å². The summed E-state index contributed by atoms with van der Waals surface area (Å²) in [5, 5.41) is 2.89. The van der Waals surface area contributed by atoms with Crippen LogP contribution in [0, 0.1) is 5.41 Å². The number of halogens is 2. The third kappa shape index (κ3) is 3.77. The van der Waals surface area contributed by atoms with E-state index in [1.807, 2.05) is 6.92 Å². The van der Waals surface area contributed by atoms with Gasteiger partial charge in [0.1, 0.15) is 5.69 Å². The Bertz CT molecular complexity index is 1260. The van der Waals surface area contributed by atoms with Crippen LogP contribution in [0.1, 0.15) is 41.9 Å². The van der Waals surface area contributed by atoms with Gasteiger partial charge in [-0.1, -0.05) is 13.0 Å². The number of H-pyrrole nitrogens is 1. The second kappa shape index (κ2) is 7.08. The summed E-state index contributed by atoms with van der Waals surface area (Å²) in [6.45, 7) is 1.98. The highest BCUT2D eigenvalue weighted by molar-refractivity contribution is 5.92. The zero-order chi connectivity index (χ0) is 22.5. The summed E-state index contributed by atoms with van der Waals surface area (Å²) in [6, 6.07) is 6.59. The van der Waals surface area contributed by atoms with Gasteiger partial charge in [-0.05, 0) is 42.0 Å². The van der Waals surface area contributed by atoms with E-state index in [-0.39, 0.29) is 34.3 Å². The molecule has 9 nitrogen and oxygen atoms in total. The molecule has 0 unspecified atom stereocenters. The van der Waals surface area contributed by atoms with E-state index in [0.717, 1.165) is 18.9 Å². The number of nitrogens with zero attached hydrogens (tertiary/aromatic N) is 3. The lowest BCUT2D eigenvalue weighted by Gasteiger charge is -2.25. The third-order valence-corrected chi connectivity index (χ3v) is 5.52. The average Bonchev–Trinajstić information content (AvgIpc) is 3.42. The predicted octanol–water partition coefficient (Wildman–Crippen LogP) is 2.82. The lowest BCUT2D eigenvalue weighted by Crippen LogP contribution is -2.34. The van der Waals surface area contributed by atoms with Crippen LogP contribution in [0.5, 0.6) is 11.5 Å². The number of amides is 1. The summed E-state index contributed by atoms with van der Waals surface area (Å²) in [6.07, 6.45) is 0.904. The first-order chi connectivity index (χ1) is 15.2. The van der Waals surface area contributed by atoms with Crippen molar-refractivity contribution in [3.05, 3.63) is 64.3 Å². The van der Waals surface area contributed by atoms with Gasteiger partial charge in [0.05, 0.1) is 6.04 Å². The topological polar surface area (TPSA) is 119 Å². The van der Waals surface area contributed by atoms with Gasteiger partial charge in [0.25, 0.3) is 11.5 Å². The van der Waals surface area contributed by atoms with Crippen LogP contribution >= 0.6 is 0 Å². The van der Waals surface area contributed by atoms with Crippen LogP contribution < -0.4 is 20.3 Å². The Hall–Kier alpha value is -3.89. The standard InChI is InChI=1S/C21H17F2N5O4/c1-20(5-6-20)16(11-3-4-13-14(9-11)32-21(22,23)31-13)28-19(30)12-10-15(29)27-18(26-12)17-24-7-2-8-25-17/h2-4,7-10,16H,5-6H2,1H3,(H,28,30)(H,26,27,29)/t16-/m0/s1. The lowest BCUT2D eigenvalue weighted by molar-refractivity contribution is -0.286. The molecule has 3 heterocycles. The summed E-state index contributed by atoms with van der Waals surface area (Å²) in [5.41, 5.74) is -0.349. The maximum absolute atomic E-state index is 13.4. The highest BCUT2D eigenvalue weighted by Crippen LogP contribution is 2.55. The molecule has 32 heavy (non-hydrogen) atoms. The molecular weight excluding hydrogens is 424 g/mol. The van der Waals surface area contributed by atoms with Crippen molar-refractivity contribution in [1.29, 1.82) is 0 Å². The van der Waals surface area contributed by atoms with E-state index < -0.39 is 23.8 Å². The minimum absolute atomic E-state index is 0.0581. The molecule has 0 saturated heterocycles. The van der Waals surface area contributed by atoms with Crippen LogP contribution in [0.3, 0.4) is 0 Å². The van der Waals surface area contributed by atoms with Crippen LogP contribution in [0.15, 0.2) is 47.5 Å². The van der Waals surface area contributed by atoms with Gasteiger partial charge in [0.2, 0.25) is 0 Å². The molecule has 3 aromatic rings. The summed E-state index contributed by atoms with van der Waals surface area (Å²) in [4.78, 5) is 39.9. The first kappa shape index (κ1) is 20.0. The van der Waals surface area contributed by atoms with Crippen molar-refractivity contribution in [2.75, 3.05) is 0 Å². The highest BCUT2D eigenvalue weighted by Gasteiger charge is 2.48. The number of nitrogens with one attached hydrogen (secondary N) is 2. The number of carbonyl (C=O) groups excluding carboxylic acids is 1. The fourth-order valence-corrected chi connectivity index (χ4v) is 3.60. The predicted molar refractivity (Wildman–Crippen MR) is 106 cm³/mol. The quantitative estimate of drug-likeness (QED) is 0.625.